The van der Waals surface area contributed by atoms with E-state index in [1.165, 1.54) is 0 Å². The number of hydrogen-bond acceptors (Lipinski definition) is 4. The quantitative estimate of drug-likeness (QED) is 0.535. The summed E-state index contributed by atoms with van der Waals surface area (Å²) in [4.78, 5) is 21.5. The Kier molecular flexibility index (Phi) is 6.89. The van der Waals surface area contributed by atoms with Crippen LogP contribution in [0.4, 0.5) is 5.69 Å². The highest BCUT2D eigenvalue weighted by atomic mass is 35.5. The van der Waals surface area contributed by atoms with Gasteiger partial charge in [0.2, 0.25) is 5.91 Å². The van der Waals surface area contributed by atoms with Gasteiger partial charge >= 0.3 is 0 Å². The van der Waals surface area contributed by atoms with E-state index < -0.39 is 0 Å². The molecule has 3 aromatic rings. The van der Waals surface area contributed by atoms with E-state index in [2.05, 4.69) is 27.4 Å². The number of piperazine rings is 1. The molecule has 1 aliphatic rings. The monoisotopic (exact) mass is 447 g/mol. The van der Waals surface area contributed by atoms with Crippen LogP contribution in [-0.2, 0) is 17.9 Å². The third kappa shape index (κ3) is 5.01. The van der Waals surface area contributed by atoms with Crippen LogP contribution in [0, 0.1) is 11.3 Å². The second-order valence-electron chi connectivity index (χ2n) is 8.15. The number of nitriles is 1. The molecule has 1 unspecified atom stereocenters. The Labute approximate surface area is 193 Å². The van der Waals surface area contributed by atoms with Crippen LogP contribution in [0.5, 0.6) is 0 Å². The van der Waals surface area contributed by atoms with E-state index in [1.54, 1.807) is 0 Å². The number of carbonyl (C=O) groups is 1. The lowest BCUT2D eigenvalue weighted by Gasteiger charge is -2.41. The summed E-state index contributed by atoms with van der Waals surface area (Å²) in [5.74, 6) is 0.0813. The maximum Gasteiger partial charge on any atom is 0.241 e. The Hall–Kier alpha value is -3.14. The molecule has 4 rings (SSSR count). The van der Waals surface area contributed by atoms with Crippen molar-refractivity contribution in [3.05, 3.63) is 82.9 Å². The highest BCUT2D eigenvalue weighted by Gasteiger charge is 2.32. The first-order valence-corrected chi connectivity index (χ1v) is 11.2. The van der Waals surface area contributed by atoms with Gasteiger partial charge in [-0.2, -0.15) is 5.26 Å². The number of halogens is 1. The van der Waals surface area contributed by atoms with Crippen molar-refractivity contribution >= 4 is 23.2 Å². The summed E-state index contributed by atoms with van der Waals surface area (Å²) in [6.45, 7) is 4.52. The first-order chi connectivity index (χ1) is 15.6. The number of hydrogen-bond donors (Lipinski definition) is 0. The third-order valence-corrected chi connectivity index (χ3v) is 6.13. The van der Waals surface area contributed by atoms with E-state index in [0.717, 1.165) is 29.8 Å². The van der Waals surface area contributed by atoms with E-state index in [1.807, 2.05) is 66.0 Å². The van der Waals surface area contributed by atoms with E-state index in [4.69, 9.17) is 16.9 Å². The first kappa shape index (κ1) is 22.1. The molecule has 0 aliphatic carbocycles. The molecule has 1 amide bonds. The van der Waals surface area contributed by atoms with Crippen molar-refractivity contribution in [3.63, 3.8) is 0 Å². The van der Waals surface area contributed by atoms with Gasteiger partial charge in [-0.1, -0.05) is 43.1 Å². The van der Waals surface area contributed by atoms with E-state index >= 15 is 0 Å². The van der Waals surface area contributed by atoms with Crippen LogP contribution in [-0.4, -0.2) is 39.5 Å². The molecule has 0 radical (unpaired) electrons. The van der Waals surface area contributed by atoms with Crippen LogP contribution in [0.2, 0.25) is 5.02 Å². The van der Waals surface area contributed by atoms with Gasteiger partial charge in [0.05, 0.1) is 30.2 Å². The largest absolute Gasteiger partial charge is 0.329 e. The molecule has 1 atom stereocenters. The Morgan fingerprint density at radius 1 is 1.19 bits per heavy atom. The van der Waals surface area contributed by atoms with Gasteiger partial charge in [0.25, 0.3) is 0 Å². The fourth-order valence-electron chi connectivity index (χ4n) is 4.21. The van der Waals surface area contributed by atoms with E-state index in [9.17, 15) is 4.79 Å². The molecule has 0 spiro atoms. The summed E-state index contributed by atoms with van der Waals surface area (Å²) in [6, 6.07) is 17.5. The Morgan fingerprint density at radius 2 is 2.00 bits per heavy atom. The second kappa shape index (κ2) is 9.99. The van der Waals surface area contributed by atoms with Crippen molar-refractivity contribution in [2.75, 3.05) is 18.0 Å². The van der Waals surface area contributed by atoms with Crippen molar-refractivity contribution in [2.24, 2.45) is 0 Å². The molecule has 1 saturated heterocycles. The fraction of sp³-hybridized carbons (Fsp3) is 0.320. The van der Waals surface area contributed by atoms with Gasteiger partial charge in [-0.05, 0) is 42.3 Å². The number of nitrogens with zero attached hydrogens (tertiary/aromatic N) is 5. The topological polar surface area (TPSA) is 65.2 Å². The zero-order valence-electron chi connectivity index (χ0n) is 18.1. The highest BCUT2D eigenvalue weighted by molar-refractivity contribution is 6.30. The van der Waals surface area contributed by atoms with Gasteiger partial charge in [0.1, 0.15) is 0 Å². The lowest BCUT2D eigenvalue weighted by atomic mass is 10.0. The molecule has 2 aromatic carbocycles. The standard InChI is InChI=1S/C25H26ClN5O/c1-2-4-23-16-31(22-6-3-5-21(26)11-22)25(32)17-29(23)15-24-13-28-18-30(24)14-20-9-7-19(12-27)8-10-20/h3,5-11,13,18,23H,2,4,14-17H2,1H3. The normalized spacial score (nSPS) is 16.8. The molecule has 1 aliphatic heterocycles. The SMILES string of the molecule is CCCC1CN(c2cccc(Cl)c2)C(=O)CN1Cc1cncn1Cc1ccc(C#N)cc1. The van der Waals surface area contributed by atoms with Gasteiger partial charge in [-0.3, -0.25) is 9.69 Å². The molecule has 1 fully saturated rings. The van der Waals surface area contributed by atoms with Gasteiger partial charge in [-0.15, -0.1) is 0 Å². The smallest absolute Gasteiger partial charge is 0.241 e. The first-order valence-electron chi connectivity index (χ1n) is 10.9. The molecule has 1 aromatic heterocycles. The highest BCUT2D eigenvalue weighted by Crippen LogP contribution is 2.26. The van der Waals surface area contributed by atoms with Crippen molar-refractivity contribution in [3.8, 4) is 6.07 Å². The Bertz CT molecular complexity index is 1120. The van der Waals surface area contributed by atoms with Crippen LogP contribution in [0.1, 0.15) is 36.6 Å². The van der Waals surface area contributed by atoms with Crippen molar-refractivity contribution < 1.29 is 4.79 Å². The van der Waals surface area contributed by atoms with Crippen LogP contribution < -0.4 is 4.90 Å². The van der Waals surface area contributed by atoms with Crippen LogP contribution in [0.15, 0.2) is 61.1 Å². The van der Waals surface area contributed by atoms with Gasteiger partial charge in [0.15, 0.2) is 0 Å². The minimum atomic E-state index is 0.0813. The summed E-state index contributed by atoms with van der Waals surface area (Å²) < 4.78 is 2.11. The third-order valence-electron chi connectivity index (χ3n) is 5.89. The number of imidazole rings is 1. The molecule has 0 bridgehead atoms. The Morgan fingerprint density at radius 3 is 2.72 bits per heavy atom. The maximum atomic E-state index is 13.0. The van der Waals surface area contributed by atoms with E-state index in [0.29, 0.717) is 36.8 Å². The predicted molar refractivity (Wildman–Crippen MR) is 125 cm³/mol. The van der Waals surface area contributed by atoms with Crippen LogP contribution in [0.25, 0.3) is 0 Å². The molecule has 0 N–H and O–H groups in total. The number of rotatable bonds is 7. The van der Waals surface area contributed by atoms with Gasteiger partial charge < -0.3 is 9.47 Å². The zero-order chi connectivity index (χ0) is 22.5. The summed E-state index contributed by atoms with van der Waals surface area (Å²) in [5.41, 5.74) is 3.68. The number of carbonyl (C=O) groups excluding carboxylic acids is 1. The van der Waals surface area contributed by atoms with Crippen molar-refractivity contribution in [1.29, 1.82) is 5.26 Å². The summed E-state index contributed by atoms with van der Waals surface area (Å²) in [7, 11) is 0. The van der Waals surface area contributed by atoms with Crippen molar-refractivity contribution in [2.45, 2.75) is 38.9 Å². The Balaban J connectivity index is 1.49. The molecular weight excluding hydrogens is 422 g/mol. The number of aromatic nitrogens is 2. The molecule has 7 heteroatoms. The molecular formula is C25H26ClN5O. The predicted octanol–water partition coefficient (Wildman–Crippen LogP) is 4.47. The molecule has 32 heavy (non-hydrogen) atoms. The summed E-state index contributed by atoms with van der Waals surface area (Å²) in [5, 5.41) is 9.63. The second-order valence-corrected chi connectivity index (χ2v) is 8.59. The lowest BCUT2D eigenvalue weighted by Crippen LogP contribution is -2.56. The molecule has 0 saturated carbocycles. The number of anilines is 1. The molecule has 6 nitrogen and oxygen atoms in total. The van der Waals surface area contributed by atoms with Gasteiger partial charge in [0, 0.05) is 42.6 Å². The average Bonchev–Trinajstić information content (AvgIpc) is 3.22. The minimum absolute atomic E-state index is 0.0813. The van der Waals surface area contributed by atoms with Gasteiger partial charge in [-0.25, -0.2) is 4.98 Å². The summed E-state index contributed by atoms with van der Waals surface area (Å²) >= 11 is 6.16. The maximum absolute atomic E-state index is 13.0. The zero-order valence-corrected chi connectivity index (χ0v) is 18.9. The van der Waals surface area contributed by atoms with Crippen molar-refractivity contribution in [1.82, 2.24) is 14.5 Å². The molecule has 164 valence electrons. The van der Waals surface area contributed by atoms with Crippen LogP contribution >= 0.6 is 11.6 Å². The minimum Gasteiger partial charge on any atom is -0.329 e. The average molecular weight is 448 g/mol. The number of benzene rings is 2. The molecule has 2 heterocycles. The van der Waals surface area contributed by atoms with Crippen LogP contribution in [0.3, 0.4) is 0 Å². The van der Waals surface area contributed by atoms with E-state index in [-0.39, 0.29) is 11.9 Å². The summed E-state index contributed by atoms with van der Waals surface area (Å²) in [6.07, 6.45) is 5.75. The number of amides is 1. The fourth-order valence-corrected chi connectivity index (χ4v) is 4.40. The lowest BCUT2D eigenvalue weighted by molar-refractivity contribution is -0.122.